The van der Waals surface area contributed by atoms with Gasteiger partial charge in [-0.15, -0.1) is 12.4 Å². The van der Waals surface area contributed by atoms with Crippen LogP contribution in [-0.4, -0.2) is 64.8 Å². The van der Waals surface area contributed by atoms with Gasteiger partial charge in [0.2, 0.25) is 5.91 Å². The highest BCUT2D eigenvalue weighted by molar-refractivity contribution is 5.85. The lowest BCUT2D eigenvalue weighted by Gasteiger charge is -2.27. The van der Waals surface area contributed by atoms with E-state index < -0.39 is 4.92 Å². The van der Waals surface area contributed by atoms with Crippen molar-refractivity contribution in [3.63, 3.8) is 0 Å². The van der Waals surface area contributed by atoms with Crippen LogP contribution in [-0.2, 0) is 11.3 Å². The highest BCUT2D eigenvalue weighted by Gasteiger charge is 2.11. The molecule has 22 heavy (non-hydrogen) atoms. The predicted molar refractivity (Wildman–Crippen MR) is 83.1 cm³/mol. The highest BCUT2D eigenvalue weighted by atomic mass is 35.5. The van der Waals surface area contributed by atoms with Crippen molar-refractivity contribution in [2.45, 2.75) is 13.0 Å². The normalized spacial score (nSPS) is 15.1. The molecule has 2 N–H and O–H groups in total. The minimum atomic E-state index is -0.503. The molecule has 0 spiro atoms. The zero-order valence-corrected chi connectivity index (χ0v) is 13.0. The van der Waals surface area contributed by atoms with Crippen LogP contribution in [0.4, 0.5) is 5.69 Å². The van der Waals surface area contributed by atoms with Gasteiger partial charge in [-0.2, -0.15) is 5.10 Å². The van der Waals surface area contributed by atoms with Crippen LogP contribution in [0.3, 0.4) is 0 Å². The standard InChI is InChI=1S/C12H20N6O3.ClH/c19-12(14-4-8-16-6-2-13-3-7-16)1-5-17-10-11(9-15-17)18(20)21;/h9-10,13H,1-8H2,(H,14,19);1H. The first-order valence-corrected chi connectivity index (χ1v) is 7.02. The van der Waals surface area contributed by atoms with Gasteiger partial charge in [-0.3, -0.25) is 24.5 Å². The highest BCUT2D eigenvalue weighted by Crippen LogP contribution is 2.07. The summed E-state index contributed by atoms with van der Waals surface area (Å²) >= 11 is 0. The lowest BCUT2D eigenvalue weighted by molar-refractivity contribution is -0.385. The Balaban J connectivity index is 0.00000242. The van der Waals surface area contributed by atoms with Gasteiger partial charge in [-0.25, -0.2) is 0 Å². The number of aromatic nitrogens is 2. The van der Waals surface area contributed by atoms with Gasteiger partial charge in [0, 0.05) is 52.2 Å². The Labute approximate surface area is 134 Å². The maximum absolute atomic E-state index is 11.7. The van der Waals surface area contributed by atoms with E-state index in [1.807, 2.05) is 0 Å². The number of aryl methyl sites for hydroxylation is 1. The van der Waals surface area contributed by atoms with Crippen LogP contribution in [0.5, 0.6) is 0 Å². The first kappa shape index (κ1) is 18.3. The minimum absolute atomic E-state index is 0. The Morgan fingerprint density at radius 1 is 1.41 bits per heavy atom. The molecule has 0 saturated carbocycles. The van der Waals surface area contributed by atoms with Crippen LogP contribution >= 0.6 is 12.4 Å². The molecule has 2 rings (SSSR count). The predicted octanol–water partition coefficient (Wildman–Crippen LogP) is -0.375. The second-order valence-corrected chi connectivity index (χ2v) is 4.91. The van der Waals surface area contributed by atoms with Crippen LogP contribution in [0.25, 0.3) is 0 Å². The average Bonchev–Trinajstić information content (AvgIpc) is 2.95. The third-order valence-corrected chi connectivity index (χ3v) is 3.36. The molecule has 10 heteroatoms. The molecule has 1 saturated heterocycles. The molecule has 1 amide bonds. The summed E-state index contributed by atoms with van der Waals surface area (Å²) in [6, 6.07) is 0. The maximum atomic E-state index is 11.7. The number of nitrogens with zero attached hydrogens (tertiary/aromatic N) is 4. The van der Waals surface area contributed by atoms with Crippen molar-refractivity contribution < 1.29 is 9.72 Å². The number of amides is 1. The number of halogens is 1. The molecule has 124 valence electrons. The van der Waals surface area contributed by atoms with Crippen molar-refractivity contribution in [3.05, 3.63) is 22.5 Å². The first-order chi connectivity index (χ1) is 10.1. The molecule has 1 fully saturated rings. The van der Waals surface area contributed by atoms with E-state index in [2.05, 4.69) is 20.6 Å². The fourth-order valence-electron chi connectivity index (χ4n) is 2.16. The molecule has 1 aliphatic heterocycles. The third kappa shape index (κ3) is 5.96. The van der Waals surface area contributed by atoms with Crippen molar-refractivity contribution in [1.29, 1.82) is 0 Å². The first-order valence-electron chi connectivity index (χ1n) is 7.02. The lowest BCUT2D eigenvalue weighted by atomic mass is 10.3. The number of carbonyl (C=O) groups is 1. The summed E-state index contributed by atoms with van der Waals surface area (Å²) in [6.45, 7) is 5.81. The Hall–Kier alpha value is -1.71. The van der Waals surface area contributed by atoms with Gasteiger partial charge < -0.3 is 10.6 Å². The number of hydrogen-bond acceptors (Lipinski definition) is 6. The summed E-state index contributed by atoms with van der Waals surface area (Å²) in [6.07, 6.45) is 2.77. The Bertz CT molecular complexity index is 489. The van der Waals surface area contributed by atoms with Crippen LogP contribution < -0.4 is 10.6 Å². The molecule has 0 bridgehead atoms. The largest absolute Gasteiger partial charge is 0.355 e. The Morgan fingerprint density at radius 3 is 2.77 bits per heavy atom. The molecule has 0 radical (unpaired) electrons. The van der Waals surface area contributed by atoms with E-state index in [0.29, 0.717) is 13.1 Å². The van der Waals surface area contributed by atoms with Crippen molar-refractivity contribution in [2.24, 2.45) is 0 Å². The summed E-state index contributed by atoms with van der Waals surface area (Å²) in [5, 5.41) is 20.5. The maximum Gasteiger partial charge on any atom is 0.306 e. The fraction of sp³-hybridized carbons (Fsp3) is 0.667. The smallest absolute Gasteiger partial charge is 0.306 e. The van der Waals surface area contributed by atoms with Gasteiger partial charge in [0.1, 0.15) is 12.4 Å². The van der Waals surface area contributed by atoms with Crippen molar-refractivity contribution in [2.75, 3.05) is 39.3 Å². The van der Waals surface area contributed by atoms with Crippen LogP contribution in [0.15, 0.2) is 12.4 Å². The molecule has 1 aromatic heterocycles. The SMILES string of the molecule is Cl.O=C(CCn1cc([N+](=O)[O-])cn1)NCCN1CCNCC1. The average molecular weight is 333 g/mol. The second-order valence-electron chi connectivity index (χ2n) is 4.91. The summed E-state index contributed by atoms with van der Waals surface area (Å²) in [4.78, 5) is 24.0. The van der Waals surface area contributed by atoms with E-state index in [4.69, 9.17) is 0 Å². The lowest BCUT2D eigenvalue weighted by Crippen LogP contribution is -2.46. The van der Waals surface area contributed by atoms with Crippen LogP contribution in [0, 0.1) is 10.1 Å². The quantitative estimate of drug-likeness (QED) is 0.521. The van der Waals surface area contributed by atoms with E-state index in [9.17, 15) is 14.9 Å². The van der Waals surface area contributed by atoms with E-state index in [1.165, 1.54) is 17.1 Å². The molecule has 9 nitrogen and oxygen atoms in total. The van der Waals surface area contributed by atoms with Crippen molar-refractivity contribution in [1.82, 2.24) is 25.3 Å². The monoisotopic (exact) mass is 332 g/mol. The topological polar surface area (TPSA) is 105 Å². The van der Waals surface area contributed by atoms with Crippen LogP contribution in [0.2, 0.25) is 0 Å². The summed E-state index contributed by atoms with van der Waals surface area (Å²) in [5.74, 6) is -0.0664. The van der Waals surface area contributed by atoms with Crippen molar-refractivity contribution in [3.8, 4) is 0 Å². The Morgan fingerprint density at radius 2 is 2.14 bits per heavy atom. The molecule has 0 aromatic carbocycles. The van der Waals surface area contributed by atoms with Gasteiger partial charge >= 0.3 is 5.69 Å². The number of hydrogen-bond donors (Lipinski definition) is 2. The van der Waals surface area contributed by atoms with E-state index >= 15 is 0 Å². The molecule has 1 aromatic rings. The third-order valence-electron chi connectivity index (χ3n) is 3.36. The van der Waals surface area contributed by atoms with E-state index in [0.717, 1.165) is 32.7 Å². The van der Waals surface area contributed by atoms with Gasteiger partial charge in [0.15, 0.2) is 0 Å². The fourth-order valence-corrected chi connectivity index (χ4v) is 2.16. The molecule has 2 heterocycles. The number of carbonyl (C=O) groups excluding carboxylic acids is 1. The van der Waals surface area contributed by atoms with E-state index in [-0.39, 0.29) is 30.4 Å². The van der Waals surface area contributed by atoms with Gasteiger partial charge in [-0.1, -0.05) is 0 Å². The molecule has 0 unspecified atom stereocenters. The zero-order chi connectivity index (χ0) is 15.1. The number of rotatable bonds is 7. The molecular weight excluding hydrogens is 312 g/mol. The summed E-state index contributed by atoms with van der Waals surface area (Å²) in [7, 11) is 0. The van der Waals surface area contributed by atoms with Gasteiger partial charge in [0.05, 0.1) is 4.92 Å². The van der Waals surface area contributed by atoms with Crippen LogP contribution in [0.1, 0.15) is 6.42 Å². The second kappa shape index (κ2) is 9.34. The zero-order valence-electron chi connectivity index (χ0n) is 12.2. The minimum Gasteiger partial charge on any atom is -0.355 e. The van der Waals surface area contributed by atoms with Gasteiger partial charge in [-0.05, 0) is 0 Å². The van der Waals surface area contributed by atoms with E-state index in [1.54, 1.807) is 0 Å². The molecular formula is C12H21ClN6O3. The van der Waals surface area contributed by atoms with Crippen molar-refractivity contribution >= 4 is 24.0 Å². The molecule has 0 atom stereocenters. The molecule has 0 aliphatic carbocycles. The number of nitrogens with one attached hydrogen (secondary N) is 2. The number of nitro groups is 1. The summed E-state index contributed by atoms with van der Waals surface area (Å²) < 4.78 is 1.41. The molecule has 1 aliphatic rings. The Kier molecular flexibility index (Phi) is 7.78. The number of piperazine rings is 1. The van der Waals surface area contributed by atoms with Gasteiger partial charge in [0.25, 0.3) is 0 Å². The summed E-state index contributed by atoms with van der Waals surface area (Å²) in [5.41, 5.74) is -0.0610.